The van der Waals surface area contributed by atoms with Gasteiger partial charge in [-0.25, -0.2) is 15.0 Å². The van der Waals surface area contributed by atoms with Crippen molar-refractivity contribution in [3.8, 4) is 11.5 Å². The minimum atomic E-state index is 0.362. The maximum absolute atomic E-state index is 5.79. The predicted octanol–water partition coefficient (Wildman–Crippen LogP) is 1.48. The first-order chi connectivity index (χ1) is 8.74. The fraction of sp³-hybridized carbons (Fsp3) is 0.417. The summed E-state index contributed by atoms with van der Waals surface area (Å²) < 4.78 is 7.30. The van der Waals surface area contributed by atoms with Gasteiger partial charge in [-0.2, -0.15) is 0 Å². The molecule has 96 valence electrons. The van der Waals surface area contributed by atoms with E-state index in [1.807, 2.05) is 17.7 Å². The molecule has 2 N–H and O–H groups in total. The van der Waals surface area contributed by atoms with Gasteiger partial charge < -0.3 is 15.0 Å². The van der Waals surface area contributed by atoms with Gasteiger partial charge in [0, 0.05) is 31.6 Å². The molecule has 2 aromatic heterocycles. The van der Waals surface area contributed by atoms with Gasteiger partial charge in [0.05, 0.1) is 0 Å². The number of hydrogen-bond acceptors (Lipinski definition) is 5. The number of nitrogens with zero attached hydrogens (tertiary/aromatic N) is 4. The van der Waals surface area contributed by atoms with Gasteiger partial charge in [-0.05, 0) is 13.8 Å². The topological polar surface area (TPSA) is 78.9 Å². The fourth-order valence-electron chi connectivity index (χ4n) is 1.69. The average Bonchev–Trinajstić information content (AvgIpc) is 2.84. The highest BCUT2D eigenvalue weighted by Gasteiger charge is 2.09. The molecule has 0 fully saturated rings. The molecule has 0 saturated carbocycles. The van der Waals surface area contributed by atoms with E-state index in [2.05, 4.69) is 21.9 Å². The number of imidazole rings is 1. The Bertz CT molecular complexity index is 523. The van der Waals surface area contributed by atoms with Gasteiger partial charge >= 0.3 is 0 Å². The summed E-state index contributed by atoms with van der Waals surface area (Å²) in [5, 5.41) is 0. The first-order valence-corrected chi connectivity index (χ1v) is 5.97. The van der Waals surface area contributed by atoms with Crippen LogP contribution < -0.4 is 5.73 Å². The predicted molar refractivity (Wildman–Crippen MR) is 68.7 cm³/mol. The van der Waals surface area contributed by atoms with Crippen LogP contribution in [-0.4, -0.2) is 26.1 Å². The lowest BCUT2D eigenvalue weighted by molar-refractivity contribution is 0.128. The van der Waals surface area contributed by atoms with Crippen molar-refractivity contribution < 1.29 is 4.74 Å². The van der Waals surface area contributed by atoms with Crippen molar-refractivity contribution in [2.45, 2.75) is 27.0 Å². The largest absolute Gasteiger partial charge is 0.384 e. The van der Waals surface area contributed by atoms with E-state index in [1.54, 1.807) is 12.3 Å². The Kier molecular flexibility index (Phi) is 3.88. The first-order valence-electron chi connectivity index (χ1n) is 5.97. The lowest BCUT2D eigenvalue weighted by atomic mass is 10.3. The van der Waals surface area contributed by atoms with Gasteiger partial charge in [0.1, 0.15) is 18.1 Å². The number of nitrogen functional groups attached to an aromatic ring is 1. The van der Waals surface area contributed by atoms with Gasteiger partial charge in [-0.3, -0.25) is 0 Å². The molecule has 2 heterocycles. The van der Waals surface area contributed by atoms with Crippen molar-refractivity contribution in [2.75, 3.05) is 12.3 Å². The highest BCUT2D eigenvalue weighted by Crippen LogP contribution is 2.17. The van der Waals surface area contributed by atoms with E-state index in [4.69, 9.17) is 10.5 Å². The molecule has 0 aliphatic heterocycles. The van der Waals surface area contributed by atoms with Crippen LogP contribution in [0.3, 0.4) is 0 Å². The SMILES string of the molecule is CCOCc1nc(N)cc(-c2nccn2CC)n1. The van der Waals surface area contributed by atoms with Crippen molar-refractivity contribution in [1.29, 1.82) is 0 Å². The van der Waals surface area contributed by atoms with E-state index in [0.717, 1.165) is 18.1 Å². The second-order valence-corrected chi connectivity index (χ2v) is 3.77. The Morgan fingerprint density at radius 3 is 2.89 bits per heavy atom. The van der Waals surface area contributed by atoms with Crippen molar-refractivity contribution in [2.24, 2.45) is 0 Å². The zero-order chi connectivity index (χ0) is 13.0. The zero-order valence-electron chi connectivity index (χ0n) is 10.6. The Morgan fingerprint density at radius 2 is 2.17 bits per heavy atom. The standard InChI is InChI=1S/C12H17N5O/c1-3-17-6-5-14-12(17)9-7-10(13)16-11(15-9)8-18-4-2/h5-7H,3-4,8H2,1-2H3,(H2,13,15,16). The molecule has 0 unspecified atom stereocenters. The Morgan fingerprint density at radius 1 is 1.33 bits per heavy atom. The lowest BCUT2D eigenvalue weighted by Gasteiger charge is -2.07. The molecule has 0 saturated heterocycles. The van der Waals surface area contributed by atoms with Crippen LogP contribution in [0.2, 0.25) is 0 Å². The highest BCUT2D eigenvalue weighted by molar-refractivity contribution is 5.54. The molecule has 0 radical (unpaired) electrons. The van der Waals surface area contributed by atoms with Crippen LogP contribution in [-0.2, 0) is 17.9 Å². The summed E-state index contributed by atoms with van der Waals surface area (Å²) in [6.45, 7) is 5.80. The van der Waals surface area contributed by atoms with E-state index in [0.29, 0.717) is 24.9 Å². The van der Waals surface area contributed by atoms with Crippen molar-refractivity contribution >= 4 is 5.82 Å². The Balaban J connectivity index is 2.35. The quantitative estimate of drug-likeness (QED) is 0.865. The summed E-state index contributed by atoms with van der Waals surface area (Å²) in [4.78, 5) is 12.9. The third-order valence-corrected chi connectivity index (χ3v) is 2.51. The molecule has 0 atom stereocenters. The smallest absolute Gasteiger partial charge is 0.158 e. The van der Waals surface area contributed by atoms with Crippen LogP contribution in [0.15, 0.2) is 18.5 Å². The van der Waals surface area contributed by atoms with Crippen LogP contribution in [0.25, 0.3) is 11.5 Å². The maximum Gasteiger partial charge on any atom is 0.158 e. The second kappa shape index (κ2) is 5.59. The summed E-state index contributed by atoms with van der Waals surface area (Å²) in [5.41, 5.74) is 6.51. The van der Waals surface area contributed by atoms with E-state index in [-0.39, 0.29) is 0 Å². The molecule has 18 heavy (non-hydrogen) atoms. The van der Waals surface area contributed by atoms with Crippen molar-refractivity contribution in [3.05, 3.63) is 24.3 Å². The summed E-state index contributed by atoms with van der Waals surface area (Å²) in [6, 6.07) is 1.73. The van der Waals surface area contributed by atoms with Crippen LogP contribution in [0.4, 0.5) is 5.82 Å². The third kappa shape index (κ3) is 2.65. The summed E-state index contributed by atoms with van der Waals surface area (Å²) in [7, 11) is 0. The first kappa shape index (κ1) is 12.5. The molecule has 0 amide bonds. The van der Waals surface area contributed by atoms with Gasteiger partial charge in [0.25, 0.3) is 0 Å². The molecule has 0 bridgehead atoms. The second-order valence-electron chi connectivity index (χ2n) is 3.77. The monoisotopic (exact) mass is 247 g/mol. The number of rotatable bonds is 5. The molecule has 0 aromatic carbocycles. The number of aryl methyl sites for hydroxylation is 1. The van der Waals surface area contributed by atoms with E-state index in [1.165, 1.54) is 0 Å². The fourth-order valence-corrected chi connectivity index (χ4v) is 1.69. The highest BCUT2D eigenvalue weighted by atomic mass is 16.5. The van der Waals surface area contributed by atoms with Gasteiger partial charge in [-0.15, -0.1) is 0 Å². The average molecular weight is 247 g/mol. The number of ether oxygens (including phenoxy) is 1. The van der Waals surface area contributed by atoms with Crippen LogP contribution in [0, 0.1) is 0 Å². The number of nitrogens with two attached hydrogens (primary N) is 1. The zero-order valence-corrected chi connectivity index (χ0v) is 10.6. The number of aromatic nitrogens is 4. The number of hydrogen-bond donors (Lipinski definition) is 1. The van der Waals surface area contributed by atoms with Gasteiger partial charge in [0.15, 0.2) is 11.6 Å². The summed E-state index contributed by atoms with van der Waals surface area (Å²) in [6.07, 6.45) is 3.66. The Labute approximate surface area is 106 Å². The molecule has 2 rings (SSSR count). The van der Waals surface area contributed by atoms with E-state index >= 15 is 0 Å². The third-order valence-electron chi connectivity index (χ3n) is 2.51. The number of anilines is 1. The van der Waals surface area contributed by atoms with Crippen molar-refractivity contribution in [3.63, 3.8) is 0 Å². The minimum Gasteiger partial charge on any atom is -0.384 e. The summed E-state index contributed by atoms with van der Waals surface area (Å²) >= 11 is 0. The van der Waals surface area contributed by atoms with Crippen LogP contribution in [0.5, 0.6) is 0 Å². The lowest BCUT2D eigenvalue weighted by Crippen LogP contribution is -2.06. The summed E-state index contributed by atoms with van der Waals surface area (Å²) in [5.74, 6) is 1.81. The van der Waals surface area contributed by atoms with E-state index in [9.17, 15) is 0 Å². The van der Waals surface area contributed by atoms with Gasteiger partial charge in [-0.1, -0.05) is 0 Å². The molecule has 0 aliphatic rings. The molecule has 2 aromatic rings. The Hall–Kier alpha value is -1.95. The van der Waals surface area contributed by atoms with Crippen molar-refractivity contribution in [1.82, 2.24) is 19.5 Å². The minimum absolute atomic E-state index is 0.362. The molecular weight excluding hydrogens is 230 g/mol. The molecule has 6 heteroatoms. The molecular formula is C12H17N5O. The molecule has 0 spiro atoms. The van der Waals surface area contributed by atoms with Gasteiger partial charge in [0.2, 0.25) is 0 Å². The molecule has 0 aliphatic carbocycles. The van der Waals surface area contributed by atoms with Crippen LogP contribution >= 0.6 is 0 Å². The van der Waals surface area contributed by atoms with E-state index < -0.39 is 0 Å². The molecule has 6 nitrogen and oxygen atoms in total. The maximum atomic E-state index is 5.79. The van der Waals surface area contributed by atoms with Crippen LogP contribution in [0.1, 0.15) is 19.7 Å². The normalized spacial score (nSPS) is 10.8.